The van der Waals surface area contributed by atoms with Crippen molar-refractivity contribution in [3.8, 4) is 11.8 Å². The first-order valence-electron chi connectivity index (χ1n) is 6.69. The first-order valence-corrected chi connectivity index (χ1v) is 6.69. The Morgan fingerprint density at radius 1 is 1.24 bits per heavy atom. The van der Waals surface area contributed by atoms with E-state index in [0.29, 0.717) is 5.92 Å². The van der Waals surface area contributed by atoms with E-state index in [4.69, 9.17) is 5.73 Å². The van der Waals surface area contributed by atoms with Crippen LogP contribution in [0.2, 0.25) is 0 Å². The second kappa shape index (κ2) is 6.47. The van der Waals surface area contributed by atoms with Crippen LogP contribution in [0, 0.1) is 17.8 Å². The molecule has 0 unspecified atom stereocenters. The summed E-state index contributed by atoms with van der Waals surface area (Å²) >= 11 is 0. The summed E-state index contributed by atoms with van der Waals surface area (Å²) in [6.07, 6.45) is 7.42. The molecule has 90 valence electrons. The fraction of sp³-hybridized carbons (Fsp3) is 0.500. The van der Waals surface area contributed by atoms with E-state index in [0.717, 1.165) is 24.9 Å². The molecule has 1 aromatic rings. The lowest BCUT2D eigenvalue weighted by Crippen LogP contribution is -2.00. The van der Waals surface area contributed by atoms with E-state index in [2.05, 4.69) is 36.1 Å². The molecule has 0 spiro atoms. The Hall–Kier alpha value is -1.26. The molecule has 0 aliphatic heterocycles. The van der Waals surface area contributed by atoms with Gasteiger partial charge in [0.15, 0.2) is 0 Å². The Bertz CT molecular complexity index is 405. The molecule has 0 bridgehead atoms. The zero-order valence-electron chi connectivity index (χ0n) is 10.4. The molecule has 1 aromatic carbocycles. The number of hydrogen-bond acceptors (Lipinski definition) is 1. The summed E-state index contributed by atoms with van der Waals surface area (Å²) in [5.74, 6) is 7.37. The second-order valence-electron chi connectivity index (χ2n) is 4.84. The molecule has 1 fully saturated rings. The van der Waals surface area contributed by atoms with Crippen LogP contribution >= 0.6 is 0 Å². The lowest BCUT2D eigenvalue weighted by molar-refractivity contribution is 0.712. The summed E-state index contributed by atoms with van der Waals surface area (Å²) in [5.41, 5.74) is 8.04. The Kier molecular flexibility index (Phi) is 4.64. The molecular weight excluding hydrogens is 206 g/mol. The minimum absolute atomic E-state index is 0.641. The van der Waals surface area contributed by atoms with Crippen molar-refractivity contribution in [1.29, 1.82) is 0 Å². The van der Waals surface area contributed by atoms with Crippen LogP contribution in [0.4, 0.5) is 0 Å². The van der Waals surface area contributed by atoms with Gasteiger partial charge in [0.2, 0.25) is 0 Å². The van der Waals surface area contributed by atoms with Crippen LogP contribution in [0.25, 0.3) is 0 Å². The van der Waals surface area contributed by atoms with Gasteiger partial charge in [-0.25, -0.2) is 0 Å². The molecule has 1 nitrogen and oxygen atoms in total. The van der Waals surface area contributed by atoms with Gasteiger partial charge in [-0.05, 0) is 49.9 Å². The molecular formula is C16H21N. The van der Waals surface area contributed by atoms with Crippen LogP contribution in [0.1, 0.15) is 43.2 Å². The molecule has 0 heterocycles. The van der Waals surface area contributed by atoms with Crippen LogP contribution < -0.4 is 5.73 Å². The van der Waals surface area contributed by atoms with Crippen molar-refractivity contribution in [1.82, 2.24) is 0 Å². The van der Waals surface area contributed by atoms with E-state index in [1.54, 1.807) is 0 Å². The standard InChI is InChI=1S/C16H21N/c17-12-4-9-15-7-3-8-16(13-15)11-10-14-5-1-2-6-14/h3,7-8,13-14H,1-2,4-6,9,12,17H2. The van der Waals surface area contributed by atoms with Gasteiger partial charge in [0.05, 0.1) is 0 Å². The van der Waals surface area contributed by atoms with Gasteiger partial charge in [-0.3, -0.25) is 0 Å². The van der Waals surface area contributed by atoms with Crippen molar-refractivity contribution in [2.75, 3.05) is 6.54 Å². The average Bonchev–Trinajstić information content (AvgIpc) is 2.87. The number of hydrogen-bond donors (Lipinski definition) is 1. The normalized spacial score (nSPS) is 15.6. The average molecular weight is 227 g/mol. The highest BCUT2D eigenvalue weighted by molar-refractivity contribution is 5.37. The maximum atomic E-state index is 5.53. The van der Waals surface area contributed by atoms with Crippen molar-refractivity contribution in [2.45, 2.75) is 38.5 Å². The van der Waals surface area contributed by atoms with E-state index in [9.17, 15) is 0 Å². The molecule has 17 heavy (non-hydrogen) atoms. The largest absolute Gasteiger partial charge is 0.330 e. The highest BCUT2D eigenvalue weighted by Gasteiger charge is 2.11. The lowest BCUT2D eigenvalue weighted by Gasteiger charge is -2.00. The van der Waals surface area contributed by atoms with Crippen molar-refractivity contribution >= 4 is 0 Å². The highest BCUT2D eigenvalue weighted by Crippen LogP contribution is 2.23. The van der Waals surface area contributed by atoms with Crippen LogP contribution in [0.15, 0.2) is 24.3 Å². The zero-order chi connectivity index (χ0) is 11.9. The first kappa shape index (κ1) is 12.2. The van der Waals surface area contributed by atoms with Crippen LogP contribution in [0.3, 0.4) is 0 Å². The SMILES string of the molecule is NCCCc1cccc(C#CC2CCCC2)c1. The summed E-state index contributed by atoms with van der Waals surface area (Å²) in [6.45, 7) is 0.762. The maximum Gasteiger partial charge on any atom is 0.0248 e. The third-order valence-electron chi connectivity index (χ3n) is 3.37. The van der Waals surface area contributed by atoms with Crippen LogP contribution in [-0.2, 0) is 6.42 Å². The number of benzene rings is 1. The monoisotopic (exact) mass is 227 g/mol. The summed E-state index contributed by atoms with van der Waals surface area (Å²) < 4.78 is 0. The molecule has 0 amide bonds. The quantitative estimate of drug-likeness (QED) is 0.789. The molecule has 1 aliphatic carbocycles. The summed E-state index contributed by atoms with van der Waals surface area (Å²) in [5, 5.41) is 0. The summed E-state index contributed by atoms with van der Waals surface area (Å²) in [6, 6.07) is 8.58. The minimum atomic E-state index is 0.641. The third-order valence-corrected chi connectivity index (χ3v) is 3.37. The number of rotatable bonds is 3. The van der Waals surface area contributed by atoms with Crippen LogP contribution in [-0.4, -0.2) is 6.54 Å². The van der Waals surface area contributed by atoms with Gasteiger partial charge >= 0.3 is 0 Å². The summed E-state index contributed by atoms with van der Waals surface area (Å²) in [4.78, 5) is 0. The fourth-order valence-electron chi connectivity index (χ4n) is 2.37. The number of aryl methyl sites for hydroxylation is 1. The zero-order valence-corrected chi connectivity index (χ0v) is 10.4. The molecule has 1 aliphatic rings. The van der Waals surface area contributed by atoms with Gasteiger partial charge in [-0.2, -0.15) is 0 Å². The number of nitrogens with two attached hydrogens (primary N) is 1. The predicted molar refractivity (Wildman–Crippen MR) is 72.7 cm³/mol. The van der Waals surface area contributed by atoms with Gasteiger partial charge in [0, 0.05) is 11.5 Å². The van der Waals surface area contributed by atoms with Gasteiger partial charge < -0.3 is 5.73 Å². The third kappa shape index (κ3) is 3.91. The Morgan fingerprint density at radius 2 is 2.06 bits per heavy atom. The molecule has 0 aromatic heterocycles. The highest BCUT2D eigenvalue weighted by atomic mass is 14.5. The van der Waals surface area contributed by atoms with Gasteiger partial charge in [0.25, 0.3) is 0 Å². The van der Waals surface area contributed by atoms with Gasteiger partial charge in [-0.1, -0.05) is 36.8 Å². The Labute approximate surface area is 104 Å². The van der Waals surface area contributed by atoms with E-state index in [1.165, 1.54) is 31.2 Å². The predicted octanol–water partition coefficient (Wildman–Crippen LogP) is 3.12. The van der Waals surface area contributed by atoms with E-state index in [-0.39, 0.29) is 0 Å². The van der Waals surface area contributed by atoms with Gasteiger partial charge in [-0.15, -0.1) is 0 Å². The Balaban J connectivity index is 1.99. The molecule has 0 radical (unpaired) electrons. The van der Waals surface area contributed by atoms with E-state index in [1.807, 2.05) is 0 Å². The molecule has 2 N–H and O–H groups in total. The van der Waals surface area contributed by atoms with Crippen molar-refractivity contribution < 1.29 is 0 Å². The minimum Gasteiger partial charge on any atom is -0.330 e. The smallest absolute Gasteiger partial charge is 0.0248 e. The van der Waals surface area contributed by atoms with Crippen molar-refractivity contribution in [2.24, 2.45) is 11.7 Å². The van der Waals surface area contributed by atoms with Crippen molar-refractivity contribution in [3.63, 3.8) is 0 Å². The Morgan fingerprint density at radius 3 is 2.82 bits per heavy atom. The van der Waals surface area contributed by atoms with Crippen LogP contribution in [0.5, 0.6) is 0 Å². The molecule has 1 saturated carbocycles. The maximum absolute atomic E-state index is 5.53. The topological polar surface area (TPSA) is 26.0 Å². The molecule has 1 heteroatoms. The molecule has 0 saturated heterocycles. The molecule has 2 rings (SSSR count). The fourth-order valence-corrected chi connectivity index (χ4v) is 2.37. The van der Waals surface area contributed by atoms with Gasteiger partial charge in [0.1, 0.15) is 0 Å². The van der Waals surface area contributed by atoms with E-state index < -0.39 is 0 Å². The van der Waals surface area contributed by atoms with Crippen molar-refractivity contribution in [3.05, 3.63) is 35.4 Å². The van der Waals surface area contributed by atoms with E-state index >= 15 is 0 Å². The first-order chi connectivity index (χ1) is 8.38. The lowest BCUT2D eigenvalue weighted by atomic mass is 10.0. The second-order valence-corrected chi connectivity index (χ2v) is 4.84. The molecule has 0 atom stereocenters. The summed E-state index contributed by atoms with van der Waals surface area (Å²) in [7, 11) is 0.